The molecule has 0 spiro atoms. The molecule has 3 amide bonds. The smallest absolute Gasteiger partial charge is 0.338 e. The van der Waals surface area contributed by atoms with E-state index in [0.717, 1.165) is 6.42 Å². The first kappa shape index (κ1) is 23.0. The SMILES string of the molecule is CCCN1C(=O)NC(c2ccc(NC(=O)c3ccc(F)cc3)cc2)C(C(=O)OCC)=C1C. The topological polar surface area (TPSA) is 87.7 Å². The Morgan fingerprint density at radius 1 is 1.09 bits per heavy atom. The number of hydrogen-bond donors (Lipinski definition) is 2. The molecule has 1 aliphatic rings. The summed E-state index contributed by atoms with van der Waals surface area (Å²) < 4.78 is 18.3. The molecule has 32 heavy (non-hydrogen) atoms. The lowest BCUT2D eigenvalue weighted by Gasteiger charge is -2.35. The fourth-order valence-electron chi connectivity index (χ4n) is 3.56. The maximum absolute atomic E-state index is 13.1. The third-order valence-corrected chi connectivity index (χ3v) is 5.15. The van der Waals surface area contributed by atoms with E-state index in [-0.39, 0.29) is 18.5 Å². The summed E-state index contributed by atoms with van der Waals surface area (Å²) >= 11 is 0. The quantitative estimate of drug-likeness (QED) is 0.627. The van der Waals surface area contributed by atoms with Gasteiger partial charge in [0.15, 0.2) is 0 Å². The van der Waals surface area contributed by atoms with Crippen LogP contribution >= 0.6 is 0 Å². The highest BCUT2D eigenvalue weighted by Crippen LogP contribution is 2.32. The summed E-state index contributed by atoms with van der Waals surface area (Å²) in [4.78, 5) is 39.2. The second-order valence-electron chi connectivity index (χ2n) is 7.34. The van der Waals surface area contributed by atoms with Crippen LogP contribution in [0.15, 0.2) is 59.8 Å². The molecule has 0 saturated heterocycles. The molecule has 0 radical (unpaired) electrons. The van der Waals surface area contributed by atoms with E-state index in [0.29, 0.717) is 34.6 Å². The minimum absolute atomic E-state index is 0.221. The van der Waals surface area contributed by atoms with Gasteiger partial charge in [-0.15, -0.1) is 0 Å². The lowest BCUT2D eigenvalue weighted by atomic mass is 9.94. The number of anilines is 1. The Morgan fingerprint density at radius 2 is 1.75 bits per heavy atom. The van der Waals surface area contributed by atoms with Gasteiger partial charge in [0.1, 0.15) is 5.82 Å². The summed E-state index contributed by atoms with van der Waals surface area (Å²) in [6, 6.07) is 11.1. The summed E-state index contributed by atoms with van der Waals surface area (Å²) in [7, 11) is 0. The molecule has 8 heteroatoms. The molecule has 0 fully saturated rings. The molecule has 1 heterocycles. The first-order valence-corrected chi connectivity index (χ1v) is 10.5. The predicted molar refractivity (Wildman–Crippen MR) is 118 cm³/mol. The summed E-state index contributed by atoms with van der Waals surface area (Å²) in [5, 5.41) is 5.63. The van der Waals surface area contributed by atoms with E-state index in [1.165, 1.54) is 24.3 Å². The zero-order valence-corrected chi connectivity index (χ0v) is 18.3. The predicted octanol–water partition coefficient (Wildman–Crippen LogP) is 4.39. The van der Waals surface area contributed by atoms with Gasteiger partial charge in [-0.1, -0.05) is 19.1 Å². The molecule has 0 saturated carbocycles. The van der Waals surface area contributed by atoms with Crippen LogP contribution in [0.4, 0.5) is 14.9 Å². The third kappa shape index (κ3) is 4.96. The Kier molecular flexibility index (Phi) is 7.25. The summed E-state index contributed by atoms with van der Waals surface area (Å²) in [6.07, 6.45) is 0.744. The second-order valence-corrected chi connectivity index (χ2v) is 7.34. The van der Waals surface area contributed by atoms with E-state index >= 15 is 0 Å². The van der Waals surface area contributed by atoms with Crippen LogP contribution < -0.4 is 10.6 Å². The van der Waals surface area contributed by atoms with Crippen molar-refractivity contribution in [2.45, 2.75) is 33.2 Å². The van der Waals surface area contributed by atoms with Crippen molar-refractivity contribution in [1.29, 1.82) is 0 Å². The van der Waals surface area contributed by atoms with E-state index in [1.54, 1.807) is 43.0 Å². The minimum Gasteiger partial charge on any atom is -0.463 e. The average molecular weight is 439 g/mol. The largest absolute Gasteiger partial charge is 0.463 e. The monoisotopic (exact) mass is 439 g/mol. The molecule has 7 nitrogen and oxygen atoms in total. The highest BCUT2D eigenvalue weighted by molar-refractivity contribution is 6.04. The zero-order chi connectivity index (χ0) is 23.3. The molecule has 168 valence electrons. The number of urea groups is 1. The molecule has 0 aromatic heterocycles. The Balaban J connectivity index is 1.85. The van der Waals surface area contributed by atoms with Crippen LogP contribution in [0.25, 0.3) is 0 Å². The van der Waals surface area contributed by atoms with Crippen molar-refractivity contribution in [2.24, 2.45) is 0 Å². The Hall–Kier alpha value is -3.68. The first-order chi connectivity index (χ1) is 15.3. The van der Waals surface area contributed by atoms with Gasteiger partial charge in [-0.2, -0.15) is 0 Å². The van der Waals surface area contributed by atoms with Crippen molar-refractivity contribution < 1.29 is 23.5 Å². The number of halogens is 1. The third-order valence-electron chi connectivity index (χ3n) is 5.15. The summed E-state index contributed by atoms with van der Waals surface area (Å²) in [5.41, 5.74) is 2.47. The average Bonchev–Trinajstić information content (AvgIpc) is 2.77. The molecule has 0 aliphatic carbocycles. The number of esters is 1. The lowest BCUT2D eigenvalue weighted by molar-refractivity contribution is -0.139. The van der Waals surface area contributed by atoms with Crippen molar-refractivity contribution in [1.82, 2.24) is 10.2 Å². The molecule has 1 atom stereocenters. The number of ether oxygens (including phenoxy) is 1. The van der Waals surface area contributed by atoms with Gasteiger partial charge in [-0.3, -0.25) is 9.69 Å². The molecule has 3 rings (SSSR count). The Morgan fingerprint density at radius 3 is 2.34 bits per heavy atom. The number of rotatable bonds is 7. The van der Waals surface area contributed by atoms with E-state index in [1.807, 2.05) is 6.92 Å². The number of amides is 3. The van der Waals surface area contributed by atoms with E-state index < -0.39 is 17.8 Å². The summed E-state index contributed by atoms with van der Waals surface area (Å²) in [6.45, 7) is 6.13. The van der Waals surface area contributed by atoms with Gasteiger partial charge in [0.05, 0.1) is 18.2 Å². The maximum Gasteiger partial charge on any atom is 0.338 e. The molecule has 2 N–H and O–H groups in total. The van der Waals surface area contributed by atoms with Crippen LogP contribution in [-0.4, -0.2) is 36.0 Å². The van der Waals surface area contributed by atoms with Gasteiger partial charge in [0.25, 0.3) is 5.91 Å². The van der Waals surface area contributed by atoms with Crippen molar-refractivity contribution in [3.63, 3.8) is 0 Å². The molecular formula is C24H26FN3O4. The van der Waals surface area contributed by atoms with Crippen molar-refractivity contribution in [3.8, 4) is 0 Å². The molecule has 2 aromatic carbocycles. The number of carbonyl (C=O) groups is 3. The highest BCUT2D eigenvalue weighted by Gasteiger charge is 2.36. The van der Waals surface area contributed by atoms with Crippen LogP contribution in [0.2, 0.25) is 0 Å². The molecule has 1 aliphatic heterocycles. The number of nitrogens with one attached hydrogen (secondary N) is 2. The Bertz CT molecular complexity index is 1030. The Labute approximate surface area is 186 Å². The maximum atomic E-state index is 13.1. The van der Waals surface area contributed by atoms with Gasteiger partial charge in [-0.05, 0) is 62.2 Å². The van der Waals surface area contributed by atoms with E-state index in [4.69, 9.17) is 4.74 Å². The van der Waals surface area contributed by atoms with Crippen LogP contribution in [0, 0.1) is 5.82 Å². The minimum atomic E-state index is -0.670. The van der Waals surface area contributed by atoms with Gasteiger partial charge in [-0.25, -0.2) is 14.0 Å². The van der Waals surface area contributed by atoms with Crippen molar-refractivity contribution in [2.75, 3.05) is 18.5 Å². The highest BCUT2D eigenvalue weighted by atomic mass is 19.1. The van der Waals surface area contributed by atoms with Crippen molar-refractivity contribution in [3.05, 3.63) is 76.7 Å². The lowest BCUT2D eigenvalue weighted by Crippen LogP contribution is -2.48. The van der Waals surface area contributed by atoms with Gasteiger partial charge in [0, 0.05) is 23.5 Å². The van der Waals surface area contributed by atoms with Crippen molar-refractivity contribution >= 4 is 23.6 Å². The standard InChI is InChI=1S/C24H26FN3O4/c1-4-14-28-15(3)20(23(30)32-5-2)21(27-24(28)31)16-8-12-19(13-9-16)26-22(29)17-6-10-18(25)11-7-17/h6-13,21H,4-5,14H2,1-3H3,(H,26,29)(H,27,31). The van der Waals surface area contributed by atoms with Crippen LogP contribution in [-0.2, 0) is 9.53 Å². The van der Waals surface area contributed by atoms with E-state index in [2.05, 4.69) is 10.6 Å². The molecule has 2 aromatic rings. The van der Waals surface area contributed by atoms with Gasteiger partial charge < -0.3 is 15.4 Å². The molecule has 1 unspecified atom stereocenters. The number of carbonyl (C=O) groups excluding carboxylic acids is 3. The fraction of sp³-hybridized carbons (Fsp3) is 0.292. The fourth-order valence-corrected chi connectivity index (χ4v) is 3.56. The normalized spacial score (nSPS) is 15.9. The van der Waals surface area contributed by atoms with Gasteiger partial charge in [0.2, 0.25) is 0 Å². The van der Waals surface area contributed by atoms with Crippen LogP contribution in [0.3, 0.4) is 0 Å². The number of nitrogens with zero attached hydrogens (tertiary/aromatic N) is 1. The number of hydrogen-bond acceptors (Lipinski definition) is 4. The molecular weight excluding hydrogens is 413 g/mol. The van der Waals surface area contributed by atoms with Gasteiger partial charge >= 0.3 is 12.0 Å². The first-order valence-electron chi connectivity index (χ1n) is 10.5. The summed E-state index contributed by atoms with van der Waals surface area (Å²) in [5.74, 6) is -1.27. The number of allylic oxidation sites excluding steroid dienone is 1. The van der Waals surface area contributed by atoms with Crippen LogP contribution in [0.1, 0.15) is 49.2 Å². The molecule has 0 bridgehead atoms. The van der Waals surface area contributed by atoms with Crippen LogP contribution in [0.5, 0.6) is 0 Å². The second kappa shape index (κ2) is 10.1. The number of benzene rings is 2. The van der Waals surface area contributed by atoms with E-state index in [9.17, 15) is 18.8 Å². The zero-order valence-electron chi connectivity index (χ0n) is 18.3.